The fourth-order valence-electron chi connectivity index (χ4n) is 6.93. The zero-order valence-corrected chi connectivity index (χ0v) is 34.5. The van der Waals surface area contributed by atoms with E-state index in [2.05, 4.69) is 138 Å². The van der Waals surface area contributed by atoms with Gasteiger partial charge < -0.3 is 5.11 Å². The Morgan fingerprint density at radius 3 is 1.83 bits per heavy atom. The van der Waals surface area contributed by atoms with Crippen LogP contribution in [0.5, 0.6) is 5.75 Å². The van der Waals surface area contributed by atoms with Gasteiger partial charge in [-0.15, -0.1) is 11.3 Å². The van der Waals surface area contributed by atoms with Crippen LogP contribution in [0.15, 0.2) is 96.0 Å². The highest BCUT2D eigenvalue weighted by molar-refractivity contribution is 7.21. The number of para-hydroxylation sites is 1. The lowest BCUT2D eigenvalue weighted by molar-refractivity contribution is 0.473. The number of phenols is 1. The van der Waals surface area contributed by atoms with Gasteiger partial charge in [-0.25, -0.2) is 4.98 Å². The molecule has 4 heteroatoms. The summed E-state index contributed by atoms with van der Waals surface area (Å²) >= 11 is 1.71. The van der Waals surface area contributed by atoms with Crippen molar-refractivity contribution in [3.63, 3.8) is 0 Å². The van der Waals surface area contributed by atoms with Gasteiger partial charge in [-0.05, 0) is 109 Å². The summed E-state index contributed by atoms with van der Waals surface area (Å²) in [5.74, 6) is 1.55. The van der Waals surface area contributed by atoms with Crippen molar-refractivity contribution < 1.29 is 5.11 Å². The van der Waals surface area contributed by atoms with Gasteiger partial charge in [0.05, 0.1) is 15.9 Å². The SMILES string of the molecule is CC(C)c1cc(C(C)C)c(-c2ccc(-c3cc(C(C)(C)C)cc4sc(-c5ccccc5N=Cc5cc(C(C)(C)C)ccc5O)nc34)cc2)c(C(C)C)c1. The summed E-state index contributed by atoms with van der Waals surface area (Å²) in [5.41, 5.74) is 15.1. The molecule has 0 aliphatic rings. The van der Waals surface area contributed by atoms with Crippen LogP contribution in [0.2, 0.25) is 0 Å². The predicted octanol–water partition coefficient (Wildman–Crippen LogP) is 14.7. The zero-order chi connectivity index (χ0) is 38.4. The molecule has 274 valence electrons. The van der Waals surface area contributed by atoms with Gasteiger partial charge in [-0.1, -0.05) is 138 Å². The molecule has 0 unspecified atom stereocenters. The van der Waals surface area contributed by atoms with E-state index in [1.54, 1.807) is 23.6 Å². The lowest BCUT2D eigenvalue weighted by Crippen LogP contribution is -2.11. The number of aliphatic imine (C=N–C) groups is 1. The number of fused-ring (bicyclic) bond motifs is 1. The Hall–Kier alpha value is -4.54. The third-order valence-electron chi connectivity index (χ3n) is 10.3. The lowest BCUT2D eigenvalue weighted by Gasteiger charge is -2.23. The number of hydrogen-bond donors (Lipinski definition) is 1. The van der Waals surface area contributed by atoms with Crippen molar-refractivity contribution >= 4 is 33.5 Å². The highest BCUT2D eigenvalue weighted by Gasteiger charge is 2.22. The van der Waals surface area contributed by atoms with Crippen molar-refractivity contribution in [2.75, 3.05) is 0 Å². The third kappa shape index (κ3) is 8.04. The average Bonchev–Trinajstić information content (AvgIpc) is 3.54. The first kappa shape index (κ1) is 38.2. The van der Waals surface area contributed by atoms with E-state index in [9.17, 15) is 5.11 Å². The molecular weight excluding hydrogens is 665 g/mol. The van der Waals surface area contributed by atoms with E-state index in [1.807, 2.05) is 30.3 Å². The molecule has 0 fully saturated rings. The van der Waals surface area contributed by atoms with E-state index >= 15 is 0 Å². The maximum absolute atomic E-state index is 10.7. The van der Waals surface area contributed by atoms with Crippen LogP contribution in [0.1, 0.15) is 134 Å². The Labute approximate surface area is 321 Å². The summed E-state index contributed by atoms with van der Waals surface area (Å²) in [6.45, 7) is 27.2. The summed E-state index contributed by atoms with van der Waals surface area (Å²) in [5, 5.41) is 11.6. The Morgan fingerprint density at radius 2 is 1.25 bits per heavy atom. The monoisotopic (exact) mass is 720 g/mol. The van der Waals surface area contributed by atoms with Gasteiger partial charge in [0.25, 0.3) is 0 Å². The number of rotatable bonds is 8. The minimum atomic E-state index is -0.0355. The molecule has 0 radical (unpaired) electrons. The lowest BCUT2D eigenvalue weighted by atomic mass is 9.81. The molecule has 0 aliphatic carbocycles. The van der Waals surface area contributed by atoms with E-state index in [1.165, 1.54) is 38.9 Å². The predicted molar refractivity (Wildman–Crippen MR) is 231 cm³/mol. The quantitative estimate of drug-likeness (QED) is 0.159. The topological polar surface area (TPSA) is 45.5 Å². The fraction of sp³-hybridized carbons (Fsp3) is 0.347. The summed E-state index contributed by atoms with van der Waals surface area (Å²) in [6.07, 6.45) is 1.77. The van der Waals surface area contributed by atoms with Crippen LogP contribution >= 0.6 is 11.3 Å². The Balaban J connectivity index is 1.46. The molecule has 53 heavy (non-hydrogen) atoms. The maximum Gasteiger partial charge on any atom is 0.126 e. The van der Waals surface area contributed by atoms with Crippen LogP contribution < -0.4 is 0 Å². The molecule has 0 amide bonds. The van der Waals surface area contributed by atoms with Crippen LogP contribution in [0.3, 0.4) is 0 Å². The molecule has 3 nitrogen and oxygen atoms in total. The van der Waals surface area contributed by atoms with Gasteiger partial charge in [0, 0.05) is 22.9 Å². The van der Waals surface area contributed by atoms with Crippen molar-refractivity contribution in [2.24, 2.45) is 4.99 Å². The van der Waals surface area contributed by atoms with Crippen LogP contribution in [0.4, 0.5) is 5.69 Å². The highest BCUT2D eigenvalue weighted by Crippen LogP contribution is 2.43. The number of aromatic nitrogens is 1. The Bertz CT molecular complexity index is 2260. The van der Waals surface area contributed by atoms with E-state index in [-0.39, 0.29) is 16.6 Å². The van der Waals surface area contributed by atoms with E-state index < -0.39 is 0 Å². The molecule has 0 atom stereocenters. The minimum absolute atomic E-state index is 0.0324. The highest BCUT2D eigenvalue weighted by atomic mass is 32.1. The number of phenolic OH excluding ortho intramolecular Hbond substituents is 1. The first-order chi connectivity index (χ1) is 24.9. The molecule has 1 heterocycles. The van der Waals surface area contributed by atoms with Gasteiger partial charge in [0.2, 0.25) is 0 Å². The van der Waals surface area contributed by atoms with Crippen LogP contribution in [-0.2, 0) is 10.8 Å². The van der Waals surface area contributed by atoms with Gasteiger partial charge in [-0.3, -0.25) is 4.99 Å². The third-order valence-corrected chi connectivity index (χ3v) is 11.4. The largest absolute Gasteiger partial charge is 0.507 e. The van der Waals surface area contributed by atoms with Crippen LogP contribution in [0, 0.1) is 0 Å². The molecule has 6 rings (SSSR count). The molecule has 0 saturated carbocycles. The van der Waals surface area contributed by atoms with Gasteiger partial charge in [-0.2, -0.15) is 0 Å². The second kappa shape index (κ2) is 14.7. The first-order valence-electron chi connectivity index (χ1n) is 19.1. The van der Waals surface area contributed by atoms with E-state index in [0.717, 1.165) is 37.6 Å². The number of thiazole rings is 1. The Morgan fingerprint density at radius 1 is 0.642 bits per heavy atom. The van der Waals surface area contributed by atoms with Crippen LogP contribution in [0.25, 0.3) is 43.0 Å². The summed E-state index contributed by atoms with van der Waals surface area (Å²) in [7, 11) is 0. The fourth-order valence-corrected chi connectivity index (χ4v) is 8.00. The summed E-state index contributed by atoms with van der Waals surface area (Å²) in [6, 6.07) is 32.7. The van der Waals surface area contributed by atoms with Crippen molar-refractivity contribution in [3.05, 3.63) is 124 Å². The van der Waals surface area contributed by atoms with Crippen molar-refractivity contribution in [2.45, 2.75) is 112 Å². The first-order valence-corrected chi connectivity index (χ1v) is 19.9. The normalized spacial score (nSPS) is 12.7. The molecule has 0 bridgehead atoms. The number of hydrogen-bond acceptors (Lipinski definition) is 4. The minimum Gasteiger partial charge on any atom is -0.507 e. The molecule has 0 spiro atoms. The summed E-state index contributed by atoms with van der Waals surface area (Å²) in [4.78, 5) is 10.3. The second-order valence-electron chi connectivity index (χ2n) is 17.6. The van der Waals surface area contributed by atoms with Crippen LogP contribution in [-0.4, -0.2) is 16.3 Å². The molecule has 5 aromatic carbocycles. The number of nitrogens with zero attached hydrogens (tertiary/aromatic N) is 2. The standard InChI is InChI=1S/C49H56N2OS/c1-29(2)34-24-39(30(3)4)45(40(25-34)31(5)6)33-19-17-32(18-20-33)41-26-37(49(10,11)12)27-44-46(41)51-47(53-44)38-15-13-14-16-42(38)50-28-35-23-36(48(7,8)9)21-22-43(35)52/h13-31,52H,1-12H3. The molecule has 1 aromatic heterocycles. The molecule has 6 aromatic rings. The summed E-state index contributed by atoms with van der Waals surface area (Å²) < 4.78 is 1.16. The molecule has 0 saturated heterocycles. The van der Waals surface area contributed by atoms with Crippen molar-refractivity contribution in [1.29, 1.82) is 0 Å². The van der Waals surface area contributed by atoms with Gasteiger partial charge in [0.15, 0.2) is 0 Å². The van der Waals surface area contributed by atoms with E-state index in [0.29, 0.717) is 23.3 Å². The van der Waals surface area contributed by atoms with Crippen molar-refractivity contribution in [3.8, 4) is 38.6 Å². The smallest absolute Gasteiger partial charge is 0.126 e. The molecular formula is C49H56N2OS. The second-order valence-corrected chi connectivity index (χ2v) is 18.6. The molecule has 1 N–H and O–H groups in total. The number of aromatic hydroxyl groups is 1. The zero-order valence-electron chi connectivity index (χ0n) is 33.7. The van der Waals surface area contributed by atoms with E-state index in [4.69, 9.17) is 9.98 Å². The van der Waals surface area contributed by atoms with Gasteiger partial charge in [0.1, 0.15) is 10.8 Å². The molecule has 0 aliphatic heterocycles. The number of benzene rings is 5. The average molecular weight is 721 g/mol. The maximum atomic E-state index is 10.7. The van der Waals surface area contributed by atoms with Gasteiger partial charge >= 0.3 is 0 Å². The van der Waals surface area contributed by atoms with Crippen molar-refractivity contribution in [1.82, 2.24) is 4.98 Å². The Kier molecular flexibility index (Phi) is 10.6.